The Kier molecular flexibility index (Phi) is 5.31. The molecule has 0 heterocycles. The molecule has 1 aromatic carbocycles. The first-order valence-corrected chi connectivity index (χ1v) is 5.25. The molecule has 1 rings (SSSR count). The van der Waals surface area contributed by atoms with Crippen LogP contribution < -0.4 is 22.1 Å². The van der Waals surface area contributed by atoms with E-state index in [9.17, 15) is 4.79 Å². The maximum atomic E-state index is 11.2. The number of nitrogens with two attached hydrogens (primary N) is 2. The quantitative estimate of drug-likeness (QED) is 0.485. The van der Waals surface area contributed by atoms with Crippen molar-refractivity contribution in [2.45, 2.75) is 6.54 Å². The summed E-state index contributed by atoms with van der Waals surface area (Å²) in [5.41, 5.74) is 12.8. The van der Waals surface area contributed by atoms with Crippen LogP contribution in [0, 0.1) is 0 Å². The molecule has 0 fully saturated rings. The van der Waals surface area contributed by atoms with E-state index in [-0.39, 0.29) is 12.5 Å². The lowest BCUT2D eigenvalue weighted by Crippen LogP contribution is -2.36. The van der Waals surface area contributed by atoms with Gasteiger partial charge in [-0.25, -0.2) is 0 Å². The molecule has 5 heteroatoms. The third kappa shape index (κ3) is 4.29. The van der Waals surface area contributed by atoms with Gasteiger partial charge in [-0.3, -0.25) is 4.79 Å². The van der Waals surface area contributed by atoms with E-state index in [0.29, 0.717) is 19.6 Å². The van der Waals surface area contributed by atoms with Crippen LogP contribution in [0.25, 0.3) is 0 Å². The summed E-state index contributed by atoms with van der Waals surface area (Å²) >= 11 is 0. The van der Waals surface area contributed by atoms with Gasteiger partial charge in [-0.1, -0.05) is 18.2 Å². The summed E-state index contributed by atoms with van der Waals surface area (Å²) in [6.45, 7) is 1.82. The van der Waals surface area contributed by atoms with Crippen molar-refractivity contribution in [1.29, 1.82) is 0 Å². The van der Waals surface area contributed by atoms with Crippen LogP contribution in [0.4, 0.5) is 5.69 Å². The smallest absolute Gasteiger partial charge is 0.234 e. The van der Waals surface area contributed by atoms with Gasteiger partial charge in [0.05, 0.1) is 6.54 Å². The number of carbonyl (C=O) groups excluding carboxylic acids is 1. The van der Waals surface area contributed by atoms with Crippen LogP contribution in [0.2, 0.25) is 0 Å². The molecule has 1 amide bonds. The zero-order valence-electron chi connectivity index (χ0n) is 9.20. The summed E-state index contributed by atoms with van der Waals surface area (Å²) in [6, 6.07) is 7.57. The fourth-order valence-corrected chi connectivity index (χ4v) is 1.28. The van der Waals surface area contributed by atoms with Crippen molar-refractivity contribution in [3.05, 3.63) is 29.8 Å². The van der Waals surface area contributed by atoms with Crippen molar-refractivity contribution in [2.75, 3.05) is 25.4 Å². The van der Waals surface area contributed by atoms with Gasteiger partial charge in [0, 0.05) is 25.3 Å². The summed E-state index contributed by atoms with van der Waals surface area (Å²) < 4.78 is 0. The minimum absolute atomic E-state index is 0.0556. The van der Waals surface area contributed by atoms with Crippen molar-refractivity contribution in [3.63, 3.8) is 0 Å². The molecule has 0 spiro atoms. The molecular formula is C11H18N4O. The van der Waals surface area contributed by atoms with Gasteiger partial charge in [0.15, 0.2) is 0 Å². The second-order valence-corrected chi connectivity index (χ2v) is 3.44. The topological polar surface area (TPSA) is 93.2 Å². The first-order valence-electron chi connectivity index (χ1n) is 5.25. The Hall–Kier alpha value is -1.59. The lowest BCUT2D eigenvalue weighted by atomic mass is 10.2. The molecule has 0 aliphatic heterocycles. The Morgan fingerprint density at radius 2 is 2.06 bits per heavy atom. The van der Waals surface area contributed by atoms with Crippen LogP contribution in [-0.2, 0) is 11.3 Å². The lowest BCUT2D eigenvalue weighted by molar-refractivity contribution is -0.120. The number of rotatable bonds is 6. The maximum absolute atomic E-state index is 11.2. The van der Waals surface area contributed by atoms with Gasteiger partial charge in [0.1, 0.15) is 0 Å². The molecule has 0 atom stereocenters. The number of nitrogens with one attached hydrogen (secondary N) is 2. The van der Waals surface area contributed by atoms with Crippen LogP contribution >= 0.6 is 0 Å². The number of nitrogen functional groups attached to an aromatic ring is 1. The molecule has 88 valence electrons. The van der Waals surface area contributed by atoms with E-state index in [1.165, 1.54) is 0 Å². The number of carbonyl (C=O) groups is 1. The molecule has 0 bridgehead atoms. The first-order chi connectivity index (χ1) is 7.74. The van der Waals surface area contributed by atoms with Gasteiger partial charge >= 0.3 is 0 Å². The van der Waals surface area contributed by atoms with E-state index in [1.54, 1.807) is 0 Å². The number of hydrogen-bond acceptors (Lipinski definition) is 4. The molecule has 0 unspecified atom stereocenters. The number of amides is 1. The Morgan fingerprint density at radius 1 is 1.31 bits per heavy atom. The minimum atomic E-state index is -0.0556. The Balaban J connectivity index is 2.25. The molecule has 5 nitrogen and oxygen atoms in total. The maximum Gasteiger partial charge on any atom is 0.234 e. The second-order valence-electron chi connectivity index (χ2n) is 3.44. The molecule has 0 aliphatic carbocycles. The highest BCUT2D eigenvalue weighted by atomic mass is 16.1. The highest BCUT2D eigenvalue weighted by Gasteiger charge is 2.00. The van der Waals surface area contributed by atoms with Crippen molar-refractivity contribution in [2.24, 2.45) is 5.73 Å². The second kappa shape index (κ2) is 6.81. The largest absolute Gasteiger partial charge is 0.398 e. The molecule has 0 aromatic heterocycles. The monoisotopic (exact) mass is 222 g/mol. The van der Waals surface area contributed by atoms with Crippen molar-refractivity contribution < 1.29 is 4.79 Å². The van der Waals surface area contributed by atoms with Gasteiger partial charge in [-0.05, 0) is 11.6 Å². The molecule has 1 aromatic rings. The molecular weight excluding hydrogens is 204 g/mol. The van der Waals surface area contributed by atoms with E-state index in [1.807, 2.05) is 24.3 Å². The Labute approximate surface area is 95.2 Å². The Morgan fingerprint density at radius 3 is 2.75 bits per heavy atom. The van der Waals surface area contributed by atoms with Crippen molar-refractivity contribution in [3.8, 4) is 0 Å². The molecule has 6 N–H and O–H groups in total. The zero-order chi connectivity index (χ0) is 11.8. The van der Waals surface area contributed by atoms with Crippen molar-refractivity contribution >= 4 is 11.6 Å². The number of benzene rings is 1. The van der Waals surface area contributed by atoms with Crippen molar-refractivity contribution in [1.82, 2.24) is 10.6 Å². The average molecular weight is 222 g/mol. The van der Waals surface area contributed by atoms with Crippen LogP contribution in [-0.4, -0.2) is 25.5 Å². The van der Waals surface area contributed by atoms with Crippen LogP contribution in [0.5, 0.6) is 0 Å². The standard InChI is InChI=1S/C11H18N4O/c12-5-6-15-11(16)8-14-7-9-3-1-2-4-10(9)13/h1-4,14H,5-8,12-13H2,(H,15,16). The average Bonchev–Trinajstić information content (AvgIpc) is 2.29. The van der Waals surface area contributed by atoms with E-state index in [2.05, 4.69) is 10.6 Å². The summed E-state index contributed by atoms with van der Waals surface area (Å²) in [7, 11) is 0. The van der Waals surface area contributed by atoms with Crippen LogP contribution in [0.1, 0.15) is 5.56 Å². The van der Waals surface area contributed by atoms with Gasteiger partial charge in [-0.2, -0.15) is 0 Å². The van der Waals surface area contributed by atoms with Gasteiger partial charge < -0.3 is 22.1 Å². The third-order valence-electron chi connectivity index (χ3n) is 2.12. The number of para-hydroxylation sites is 1. The lowest BCUT2D eigenvalue weighted by Gasteiger charge is -2.07. The summed E-state index contributed by atoms with van der Waals surface area (Å²) in [5.74, 6) is -0.0556. The predicted octanol–water partition coefficient (Wildman–Crippen LogP) is -0.567. The van der Waals surface area contributed by atoms with E-state index in [0.717, 1.165) is 11.3 Å². The van der Waals surface area contributed by atoms with Crippen LogP contribution in [0.15, 0.2) is 24.3 Å². The van der Waals surface area contributed by atoms with E-state index < -0.39 is 0 Å². The van der Waals surface area contributed by atoms with Gasteiger partial charge in [0.2, 0.25) is 5.91 Å². The first kappa shape index (κ1) is 12.5. The molecule has 0 radical (unpaired) electrons. The minimum Gasteiger partial charge on any atom is -0.398 e. The predicted molar refractivity (Wildman–Crippen MR) is 64.6 cm³/mol. The fourth-order valence-electron chi connectivity index (χ4n) is 1.28. The van der Waals surface area contributed by atoms with Crippen LogP contribution in [0.3, 0.4) is 0 Å². The summed E-state index contributed by atoms with van der Waals surface area (Å²) in [4.78, 5) is 11.2. The highest BCUT2D eigenvalue weighted by molar-refractivity contribution is 5.77. The SMILES string of the molecule is NCCNC(=O)CNCc1ccccc1N. The van der Waals surface area contributed by atoms with E-state index >= 15 is 0 Å². The molecule has 0 saturated carbocycles. The highest BCUT2D eigenvalue weighted by Crippen LogP contribution is 2.09. The van der Waals surface area contributed by atoms with Gasteiger partial charge in [0.25, 0.3) is 0 Å². The summed E-state index contributed by atoms with van der Waals surface area (Å²) in [6.07, 6.45) is 0. The van der Waals surface area contributed by atoms with E-state index in [4.69, 9.17) is 11.5 Å². The fraction of sp³-hybridized carbons (Fsp3) is 0.364. The third-order valence-corrected chi connectivity index (χ3v) is 2.12. The molecule has 0 saturated heterocycles. The Bertz CT molecular complexity index is 341. The normalized spacial score (nSPS) is 10.1. The molecule has 16 heavy (non-hydrogen) atoms. The number of anilines is 1. The number of hydrogen-bond donors (Lipinski definition) is 4. The van der Waals surface area contributed by atoms with Gasteiger partial charge in [-0.15, -0.1) is 0 Å². The zero-order valence-corrected chi connectivity index (χ0v) is 9.20. The summed E-state index contributed by atoms with van der Waals surface area (Å²) in [5, 5.41) is 5.69. The molecule has 0 aliphatic rings.